The summed E-state index contributed by atoms with van der Waals surface area (Å²) < 4.78 is 0. The third kappa shape index (κ3) is 22.5. The van der Waals surface area contributed by atoms with Gasteiger partial charge in [0.25, 0.3) is 0 Å². The predicted octanol–water partition coefficient (Wildman–Crippen LogP) is 7.76. The van der Waals surface area contributed by atoms with E-state index in [1.165, 1.54) is 38.5 Å². The van der Waals surface area contributed by atoms with E-state index in [2.05, 4.69) is 13.8 Å². The zero-order chi connectivity index (χ0) is 26.7. The second-order valence-corrected chi connectivity index (χ2v) is 11.9. The summed E-state index contributed by atoms with van der Waals surface area (Å²) in [6, 6.07) is 0. The normalized spacial score (nSPS) is 12.0. The smallest absolute Gasteiger partial charge is 0.303 e. The Hall–Kier alpha value is -1.72. The van der Waals surface area contributed by atoms with Crippen LogP contribution in [0, 0.1) is 10.8 Å². The van der Waals surface area contributed by atoms with E-state index < -0.39 is 11.9 Å². The van der Waals surface area contributed by atoms with Crippen molar-refractivity contribution in [1.29, 1.82) is 0 Å². The quantitative estimate of drug-likeness (QED) is 0.132. The first kappa shape index (κ1) is 33.3. The molecule has 0 aromatic heterocycles. The molecule has 204 valence electrons. The number of carbonyl (C=O) groups excluding carboxylic acids is 2. The minimum Gasteiger partial charge on any atom is -0.481 e. The van der Waals surface area contributed by atoms with Crippen LogP contribution in [0.1, 0.15) is 150 Å². The number of rotatable bonds is 24. The summed E-state index contributed by atoms with van der Waals surface area (Å²) in [5.74, 6) is -1.18. The molecule has 0 aromatic carbocycles. The molecule has 0 bridgehead atoms. The number of unbranched alkanes of at least 4 members (excludes halogenated alkanes) is 8. The highest BCUT2D eigenvalue weighted by atomic mass is 16.4. The Morgan fingerprint density at radius 2 is 0.886 bits per heavy atom. The maximum absolute atomic E-state index is 12.3. The fourth-order valence-corrected chi connectivity index (χ4v) is 4.43. The van der Waals surface area contributed by atoms with Crippen molar-refractivity contribution in [2.24, 2.45) is 10.8 Å². The van der Waals surface area contributed by atoms with E-state index >= 15 is 0 Å². The molecular formula is C29H52O6. The molecule has 0 aliphatic carbocycles. The van der Waals surface area contributed by atoms with Crippen molar-refractivity contribution < 1.29 is 29.4 Å². The summed E-state index contributed by atoms with van der Waals surface area (Å²) >= 11 is 0. The SMILES string of the molecule is CC(C)(CCCCCCCCCCCC(=O)O)CCC(=O)CCCC(=O)CCC(C)(C)CC(=O)O. The van der Waals surface area contributed by atoms with Crippen LogP contribution in [-0.2, 0) is 19.2 Å². The number of hydrogen-bond acceptors (Lipinski definition) is 4. The Labute approximate surface area is 213 Å². The molecule has 0 fully saturated rings. The van der Waals surface area contributed by atoms with E-state index in [1.807, 2.05) is 13.8 Å². The molecule has 6 heteroatoms. The lowest BCUT2D eigenvalue weighted by Gasteiger charge is -2.24. The molecule has 0 saturated heterocycles. The van der Waals surface area contributed by atoms with Gasteiger partial charge in [0.1, 0.15) is 11.6 Å². The minimum absolute atomic E-state index is 0.0616. The molecule has 0 spiro atoms. The molecule has 0 amide bonds. The van der Waals surface area contributed by atoms with Crippen molar-refractivity contribution in [2.45, 2.75) is 150 Å². The van der Waals surface area contributed by atoms with Gasteiger partial charge >= 0.3 is 11.9 Å². The highest BCUT2D eigenvalue weighted by Crippen LogP contribution is 2.30. The highest BCUT2D eigenvalue weighted by Gasteiger charge is 2.23. The van der Waals surface area contributed by atoms with Gasteiger partial charge in [0.05, 0.1) is 6.42 Å². The second kappa shape index (κ2) is 18.5. The zero-order valence-corrected chi connectivity index (χ0v) is 23.0. The highest BCUT2D eigenvalue weighted by molar-refractivity contribution is 5.81. The standard InChI is InChI=1S/C29H52O6/c1-28(2,20-13-11-9-7-5-6-8-10-12-17-26(32)33)21-18-24(30)15-14-16-25(31)19-22-29(3,4)23-27(34)35/h5-23H2,1-4H3,(H,32,33)(H,34,35). The van der Waals surface area contributed by atoms with Gasteiger partial charge in [-0.25, -0.2) is 0 Å². The summed E-state index contributed by atoms with van der Waals surface area (Å²) in [5, 5.41) is 17.5. The van der Waals surface area contributed by atoms with E-state index in [-0.39, 0.29) is 35.2 Å². The number of aliphatic carboxylic acids is 2. The van der Waals surface area contributed by atoms with Crippen molar-refractivity contribution in [2.75, 3.05) is 0 Å². The van der Waals surface area contributed by atoms with Gasteiger partial charge < -0.3 is 10.2 Å². The fourth-order valence-electron chi connectivity index (χ4n) is 4.43. The van der Waals surface area contributed by atoms with E-state index in [4.69, 9.17) is 10.2 Å². The van der Waals surface area contributed by atoms with Crippen LogP contribution in [0.25, 0.3) is 0 Å². The molecule has 0 radical (unpaired) electrons. The van der Waals surface area contributed by atoms with Gasteiger partial charge in [0.2, 0.25) is 0 Å². The Kier molecular flexibility index (Phi) is 17.6. The molecule has 6 nitrogen and oxygen atoms in total. The first-order valence-corrected chi connectivity index (χ1v) is 13.8. The lowest BCUT2D eigenvalue weighted by atomic mass is 9.81. The molecule has 0 unspecified atom stereocenters. The number of Topliss-reactive ketones (excluding diaryl/α,β-unsaturated/α-hetero) is 2. The Morgan fingerprint density at radius 1 is 0.457 bits per heavy atom. The maximum atomic E-state index is 12.3. The van der Waals surface area contributed by atoms with Gasteiger partial charge in [-0.15, -0.1) is 0 Å². The number of carboxylic acids is 2. The van der Waals surface area contributed by atoms with Crippen LogP contribution in [0.15, 0.2) is 0 Å². The lowest BCUT2D eigenvalue weighted by Crippen LogP contribution is -2.18. The number of carbonyl (C=O) groups is 4. The number of hydrogen-bond donors (Lipinski definition) is 2. The Morgan fingerprint density at radius 3 is 1.34 bits per heavy atom. The van der Waals surface area contributed by atoms with Crippen molar-refractivity contribution >= 4 is 23.5 Å². The second-order valence-electron chi connectivity index (χ2n) is 11.9. The average Bonchev–Trinajstić information content (AvgIpc) is 2.73. The van der Waals surface area contributed by atoms with Gasteiger partial charge in [-0.2, -0.15) is 0 Å². The number of carboxylic acid groups (broad SMARTS) is 2. The van der Waals surface area contributed by atoms with Gasteiger partial charge in [0.15, 0.2) is 0 Å². The van der Waals surface area contributed by atoms with Gasteiger partial charge in [-0.1, -0.05) is 79.1 Å². The molecule has 0 aliphatic rings. The first-order chi connectivity index (χ1) is 16.3. The molecular weight excluding hydrogens is 444 g/mol. The summed E-state index contributed by atoms with van der Waals surface area (Å²) in [6.07, 6.45) is 15.6. The third-order valence-corrected chi connectivity index (χ3v) is 6.95. The van der Waals surface area contributed by atoms with E-state index in [0.717, 1.165) is 32.1 Å². The van der Waals surface area contributed by atoms with E-state index in [0.29, 0.717) is 38.5 Å². The van der Waals surface area contributed by atoms with Gasteiger partial charge in [0, 0.05) is 32.1 Å². The van der Waals surface area contributed by atoms with Crippen molar-refractivity contribution in [3.8, 4) is 0 Å². The molecule has 0 rings (SSSR count). The van der Waals surface area contributed by atoms with Crippen LogP contribution in [-0.4, -0.2) is 33.7 Å². The largest absolute Gasteiger partial charge is 0.481 e. The first-order valence-electron chi connectivity index (χ1n) is 13.8. The van der Waals surface area contributed by atoms with Crippen LogP contribution < -0.4 is 0 Å². The van der Waals surface area contributed by atoms with Crippen LogP contribution in [0.2, 0.25) is 0 Å². The van der Waals surface area contributed by atoms with Crippen LogP contribution in [0.4, 0.5) is 0 Å². The molecule has 0 heterocycles. The van der Waals surface area contributed by atoms with Gasteiger partial charge in [-0.3, -0.25) is 19.2 Å². The van der Waals surface area contributed by atoms with Crippen LogP contribution >= 0.6 is 0 Å². The van der Waals surface area contributed by atoms with Crippen molar-refractivity contribution in [3.63, 3.8) is 0 Å². The van der Waals surface area contributed by atoms with Crippen LogP contribution in [0.5, 0.6) is 0 Å². The topological polar surface area (TPSA) is 109 Å². The van der Waals surface area contributed by atoms with E-state index in [9.17, 15) is 19.2 Å². The molecule has 2 N–H and O–H groups in total. The Balaban J connectivity index is 3.76. The van der Waals surface area contributed by atoms with E-state index in [1.54, 1.807) is 0 Å². The van der Waals surface area contributed by atoms with Crippen LogP contribution in [0.3, 0.4) is 0 Å². The van der Waals surface area contributed by atoms with Crippen molar-refractivity contribution in [3.05, 3.63) is 0 Å². The average molecular weight is 497 g/mol. The fraction of sp³-hybridized carbons (Fsp3) is 0.862. The Bertz CT molecular complexity index is 635. The zero-order valence-electron chi connectivity index (χ0n) is 23.0. The summed E-state index contributed by atoms with van der Waals surface area (Å²) in [6.45, 7) is 8.21. The number of ketones is 2. The third-order valence-electron chi connectivity index (χ3n) is 6.95. The minimum atomic E-state index is -0.839. The summed E-state index contributed by atoms with van der Waals surface area (Å²) in [4.78, 5) is 45.7. The van der Waals surface area contributed by atoms with Crippen molar-refractivity contribution in [1.82, 2.24) is 0 Å². The predicted molar refractivity (Wildman–Crippen MR) is 141 cm³/mol. The molecule has 0 aromatic rings. The summed E-state index contributed by atoms with van der Waals surface area (Å²) in [5.41, 5.74) is -0.223. The van der Waals surface area contributed by atoms with Gasteiger partial charge in [-0.05, 0) is 42.9 Å². The monoisotopic (exact) mass is 496 g/mol. The molecule has 35 heavy (non-hydrogen) atoms. The lowest BCUT2D eigenvalue weighted by molar-refractivity contribution is -0.140. The molecule has 0 aliphatic heterocycles. The summed E-state index contributed by atoms with van der Waals surface area (Å²) in [7, 11) is 0. The molecule has 0 saturated carbocycles. The maximum Gasteiger partial charge on any atom is 0.303 e. The molecule has 0 atom stereocenters.